The normalized spacial score (nSPS) is 10.1. The quantitative estimate of drug-likeness (QED) is 0.875. The van der Waals surface area contributed by atoms with E-state index in [-0.39, 0.29) is 0 Å². The monoisotopic (exact) mass is 274 g/mol. The van der Waals surface area contributed by atoms with Gasteiger partial charge in [-0.1, -0.05) is 19.1 Å². The van der Waals surface area contributed by atoms with E-state index in [1.165, 1.54) is 0 Å². The van der Waals surface area contributed by atoms with Crippen molar-refractivity contribution >= 4 is 5.69 Å². The maximum Gasteiger partial charge on any atom is 0.240 e. The molecule has 1 aromatic heterocycles. The van der Waals surface area contributed by atoms with E-state index in [1.54, 1.807) is 19.2 Å². The molecule has 0 aliphatic heterocycles. The molecule has 0 unspecified atom stereocenters. The van der Waals surface area contributed by atoms with Gasteiger partial charge in [-0.2, -0.15) is 4.98 Å². The van der Waals surface area contributed by atoms with Crippen LogP contribution in [0, 0.1) is 0 Å². The van der Waals surface area contributed by atoms with Gasteiger partial charge in [0.05, 0.1) is 19.4 Å². The third-order valence-electron chi connectivity index (χ3n) is 2.59. The van der Waals surface area contributed by atoms with Crippen LogP contribution in [0.3, 0.4) is 0 Å². The molecule has 0 atom stereocenters. The summed E-state index contributed by atoms with van der Waals surface area (Å²) in [5.74, 6) is 2.03. The lowest BCUT2D eigenvalue weighted by Crippen LogP contribution is -2.02. The van der Waals surface area contributed by atoms with Crippen molar-refractivity contribution in [2.45, 2.75) is 13.3 Å². The Kier molecular flexibility index (Phi) is 4.65. The van der Waals surface area contributed by atoms with Gasteiger partial charge >= 0.3 is 0 Å². The second-order valence-electron chi connectivity index (χ2n) is 4.15. The van der Waals surface area contributed by atoms with Crippen LogP contribution in [0.15, 0.2) is 36.4 Å². The summed E-state index contributed by atoms with van der Waals surface area (Å²) < 4.78 is 16.4. The number of ether oxygens (including phenoxy) is 3. The molecule has 1 aromatic carbocycles. The van der Waals surface area contributed by atoms with Gasteiger partial charge in [0.15, 0.2) is 11.5 Å². The first-order valence-electron chi connectivity index (χ1n) is 6.44. The summed E-state index contributed by atoms with van der Waals surface area (Å²) >= 11 is 0. The van der Waals surface area contributed by atoms with Crippen molar-refractivity contribution in [3.63, 3.8) is 0 Å². The Morgan fingerprint density at radius 3 is 2.55 bits per heavy atom. The molecule has 2 aromatic rings. The van der Waals surface area contributed by atoms with Crippen LogP contribution >= 0.6 is 0 Å². The van der Waals surface area contributed by atoms with Crippen LogP contribution in [0.5, 0.6) is 23.3 Å². The minimum atomic E-state index is 0.388. The molecule has 0 bridgehead atoms. The van der Waals surface area contributed by atoms with Crippen molar-refractivity contribution in [1.82, 2.24) is 4.98 Å². The number of pyridine rings is 1. The molecule has 0 radical (unpaired) electrons. The molecule has 1 heterocycles. The Morgan fingerprint density at radius 2 is 1.85 bits per heavy atom. The third-order valence-corrected chi connectivity index (χ3v) is 2.59. The molecular formula is C15H18N2O3. The van der Waals surface area contributed by atoms with Gasteiger partial charge in [-0.15, -0.1) is 0 Å². The standard InChI is InChI=1S/C15H18N2O3/c1-3-10-19-15-11(16)8-9-14(17-15)20-13-7-5-4-6-12(13)18-2/h4-9H,3,10,16H2,1-2H3. The van der Waals surface area contributed by atoms with Crippen molar-refractivity contribution in [1.29, 1.82) is 0 Å². The first-order chi connectivity index (χ1) is 9.74. The summed E-state index contributed by atoms with van der Waals surface area (Å²) in [4.78, 5) is 4.26. The van der Waals surface area contributed by atoms with Crippen LogP contribution in [0.1, 0.15) is 13.3 Å². The maximum absolute atomic E-state index is 5.81. The molecule has 2 rings (SSSR count). The number of nitrogens with zero attached hydrogens (tertiary/aromatic N) is 1. The number of benzene rings is 1. The van der Waals surface area contributed by atoms with Crippen LogP contribution < -0.4 is 19.9 Å². The number of methoxy groups -OCH3 is 1. The average molecular weight is 274 g/mol. The molecule has 20 heavy (non-hydrogen) atoms. The second-order valence-corrected chi connectivity index (χ2v) is 4.15. The number of rotatable bonds is 6. The molecule has 0 fully saturated rings. The minimum absolute atomic E-state index is 0.388. The van der Waals surface area contributed by atoms with Crippen molar-refractivity contribution in [3.8, 4) is 23.3 Å². The summed E-state index contributed by atoms with van der Waals surface area (Å²) in [6.45, 7) is 2.58. The van der Waals surface area contributed by atoms with Crippen LogP contribution in [-0.4, -0.2) is 18.7 Å². The Hall–Kier alpha value is -2.43. The van der Waals surface area contributed by atoms with Gasteiger partial charge in [0.1, 0.15) is 0 Å². The van der Waals surface area contributed by atoms with Gasteiger partial charge in [0, 0.05) is 6.07 Å². The lowest BCUT2D eigenvalue weighted by molar-refractivity contribution is 0.301. The van der Waals surface area contributed by atoms with E-state index in [0.29, 0.717) is 35.6 Å². The summed E-state index contributed by atoms with van der Waals surface area (Å²) in [6.07, 6.45) is 0.888. The van der Waals surface area contributed by atoms with Gasteiger partial charge < -0.3 is 19.9 Å². The Morgan fingerprint density at radius 1 is 1.10 bits per heavy atom. The Balaban J connectivity index is 2.20. The van der Waals surface area contributed by atoms with Gasteiger partial charge in [0.25, 0.3) is 0 Å². The number of anilines is 1. The van der Waals surface area contributed by atoms with E-state index in [1.807, 2.05) is 31.2 Å². The van der Waals surface area contributed by atoms with E-state index in [2.05, 4.69) is 4.98 Å². The first kappa shape index (κ1) is 14.0. The van der Waals surface area contributed by atoms with Crippen molar-refractivity contribution in [3.05, 3.63) is 36.4 Å². The van der Waals surface area contributed by atoms with Crippen LogP contribution in [0.2, 0.25) is 0 Å². The van der Waals surface area contributed by atoms with Crippen molar-refractivity contribution < 1.29 is 14.2 Å². The highest BCUT2D eigenvalue weighted by Crippen LogP contribution is 2.31. The molecule has 2 N–H and O–H groups in total. The van der Waals surface area contributed by atoms with E-state index < -0.39 is 0 Å². The zero-order valence-corrected chi connectivity index (χ0v) is 11.6. The van der Waals surface area contributed by atoms with Gasteiger partial charge in [-0.05, 0) is 24.6 Å². The third kappa shape index (κ3) is 3.32. The predicted molar refractivity (Wildman–Crippen MR) is 77.5 cm³/mol. The molecule has 0 amide bonds. The fourth-order valence-electron chi connectivity index (χ4n) is 1.62. The number of nitrogens with two attached hydrogens (primary N) is 1. The summed E-state index contributed by atoms with van der Waals surface area (Å²) in [7, 11) is 1.59. The molecule has 0 aliphatic carbocycles. The largest absolute Gasteiger partial charge is 0.493 e. The number of aromatic nitrogens is 1. The fraction of sp³-hybridized carbons (Fsp3) is 0.267. The van der Waals surface area contributed by atoms with Gasteiger partial charge in [-0.25, -0.2) is 0 Å². The molecule has 0 aliphatic rings. The highest BCUT2D eigenvalue weighted by molar-refractivity contribution is 5.50. The number of para-hydroxylation sites is 2. The molecule has 0 saturated carbocycles. The molecule has 5 nitrogen and oxygen atoms in total. The topological polar surface area (TPSA) is 66.6 Å². The average Bonchev–Trinajstić information content (AvgIpc) is 2.48. The Labute approximate surface area is 118 Å². The second kappa shape index (κ2) is 6.65. The molecule has 0 spiro atoms. The molecule has 106 valence electrons. The van der Waals surface area contributed by atoms with Crippen molar-refractivity contribution in [2.24, 2.45) is 0 Å². The summed E-state index contributed by atoms with van der Waals surface area (Å²) in [5.41, 5.74) is 6.30. The minimum Gasteiger partial charge on any atom is -0.493 e. The zero-order valence-electron chi connectivity index (χ0n) is 11.6. The fourth-order valence-corrected chi connectivity index (χ4v) is 1.62. The number of hydrogen-bond acceptors (Lipinski definition) is 5. The van der Waals surface area contributed by atoms with E-state index in [0.717, 1.165) is 6.42 Å². The molecule has 5 heteroatoms. The molecular weight excluding hydrogens is 256 g/mol. The highest BCUT2D eigenvalue weighted by Gasteiger charge is 2.08. The van der Waals surface area contributed by atoms with Gasteiger partial charge in [-0.3, -0.25) is 0 Å². The van der Waals surface area contributed by atoms with E-state index in [9.17, 15) is 0 Å². The van der Waals surface area contributed by atoms with Crippen LogP contribution in [0.4, 0.5) is 5.69 Å². The Bertz CT molecular complexity index is 573. The summed E-state index contributed by atoms with van der Waals surface area (Å²) in [5, 5.41) is 0. The van der Waals surface area contributed by atoms with Gasteiger partial charge in [0.2, 0.25) is 11.8 Å². The lowest BCUT2D eigenvalue weighted by Gasteiger charge is -2.11. The van der Waals surface area contributed by atoms with E-state index >= 15 is 0 Å². The highest BCUT2D eigenvalue weighted by atomic mass is 16.5. The number of nitrogen functional groups attached to an aromatic ring is 1. The van der Waals surface area contributed by atoms with Crippen molar-refractivity contribution in [2.75, 3.05) is 19.5 Å². The number of hydrogen-bond donors (Lipinski definition) is 1. The summed E-state index contributed by atoms with van der Waals surface area (Å²) in [6, 6.07) is 10.8. The van der Waals surface area contributed by atoms with Crippen LogP contribution in [-0.2, 0) is 0 Å². The predicted octanol–water partition coefficient (Wildman–Crippen LogP) is 3.25. The van der Waals surface area contributed by atoms with E-state index in [4.69, 9.17) is 19.9 Å². The lowest BCUT2D eigenvalue weighted by atomic mass is 10.3. The maximum atomic E-state index is 5.81. The smallest absolute Gasteiger partial charge is 0.240 e. The SMILES string of the molecule is CCCOc1nc(Oc2ccccc2OC)ccc1N. The first-order valence-corrected chi connectivity index (χ1v) is 6.44. The zero-order chi connectivity index (χ0) is 14.4. The molecule has 0 saturated heterocycles. The van der Waals surface area contributed by atoms with Crippen LogP contribution in [0.25, 0.3) is 0 Å².